The van der Waals surface area contributed by atoms with E-state index in [9.17, 15) is 31.9 Å². The molecule has 2 aliphatic heterocycles. The second-order valence-electron chi connectivity index (χ2n) is 13.0. The van der Waals surface area contributed by atoms with Crippen LogP contribution < -0.4 is 11.1 Å². The summed E-state index contributed by atoms with van der Waals surface area (Å²) in [4.78, 5) is 52.8. The van der Waals surface area contributed by atoms with Crippen LogP contribution in [0.3, 0.4) is 0 Å². The molecule has 0 radical (unpaired) electrons. The number of nitrogens with one attached hydrogen (secondary N) is 2. The second-order valence-corrected chi connectivity index (χ2v) is 13.4. The fourth-order valence-corrected chi connectivity index (χ4v) is 6.32. The molecule has 6 rings (SSSR count). The zero-order valence-electron chi connectivity index (χ0n) is 27.1. The minimum atomic E-state index is -4.91. The third-order valence-corrected chi connectivity index (χ3v) is 9.33. The largest absolute Gasteiger partial charge is 0.435 e. The lowest BCUT2D eigenvalue weighted by Crippen LogP contribution is -2.54. The summed E-state index contributed by atoms with van der Waals surface area (Å²) in [6.45, 7) is 3.48. The number of aromatic amines is 1. The lowest BCUT2D eigenvalue weighted by Gasteiger charge is -2.40. The van der Waals surface area contributed by atoms with Gasteiger partial charge >= 0.3 is 6.18 Å². The SMILES string of the molecule is C[N+]1(C)CCC(C(=O)N2CCN(C(=O)c3ccc(NC(=O)c4ncc(-c5cn(-c6ccc(N)c(F)n6)nc5C(F)(F)F)[nH]4)cc3Cl)CC2)CC1. The van der Waals surface area contributed by atoms with E-state index in [1.807, 2.05) is 4.90 Å². The smallest absolute Gasteiger partial charge is 0.395 e. The molecule has 4 aromatic rings. The standard InChI is InChI=1S/C32H33ClF4N10O3/c1-47(2)13-7-18(8-14-47)30(49)44-9-11-45(12-10-44)31(50)20-4-3-19(15-22(20)33)40-29(48)28-39-16-24(41-28)21-17-46(43-26(21)32(35,36)37)25-6-5-23(38)27(34)42-25/h3-6,15-18H,7-14,38H2,1-2H3,(H-,39,40,41,48,50)/p+1. The molecular weight excluding hydrogens is 684 g/mol. The molecule has 1 aromatic carbocycles. The maximum absolute atomic E-state index is 13.9. The molecule has 0 aliphatic carbocycles. The van der Waals surface area contributed by atoms with Gasteiger partial charge in [-0.3, -0.25) is 14.4 Å². The first-order valence-corrected chi connectivity index (χ1v) is 16.1. The Morgan fingerprint density at radius 2 is 1.72 bits per heavy atom. The maximum atomic E-state index is 13.9. The van der Waals surface area contributed by atoms with Gasteiger partial charge in [-0.1, -0.05) is 11.6 Å². The lowest BCUT2D eigenvalue weighted by molar-refractivity contribution is -0.895. The van der Waals surface area contributed by atoms with Gasteiger partial charge in [0.05, 0.1) is 60.9 Å². The zero-order valence-corrected chi connectivity index (χ0v) is 27.9. The van der Waals surface area contributed by atoms with Gasteiger partial charge < -0.3 is 30.3 Å². The Morgan fingerprint density at radius 3 is 2.36 bits per heavy atom. The van der Waals surface area contributed by atoms with E-state index in [4.69, 9.17) is 17.3 Å². The van der Waals surface area contributed by atoms with Gasteiger partial charge in [-0.05, 0) is 30.3 Å². The molecule has 0 saturated carbocycles. The molecule has 50 heavy (non-hydrogen) atoms. The number of H-pyrrole nitrogens is 1. The molecular formula is C32H34ClF4N10O3+. The molecule has 4 N–H and O–H groups in total. The van der Waals surface area contributed by atoms with Gasteiger partial charge in [0, 0.05) is 56.8 Å². The van der Waals surface area contributed by atoms with E-state index in [1.54, 1.807) is 4.90 Å². The minimum absolute atomic E-state index is 0.00902. The average molecular weight is 718 g/mol. The molecule has 5 heterocycles. The number of quaternary nitrogens is 1. The van der Waals surface area contributed by atoms with Crippen molar-refractivity contribution in [1.82, 2.24) is 34.5 Å². The number of benzene rings is 1. The number of aromatic nitrogens is 5. The predicted octanol–water partition coefficient (Wildman–Crippen LogP) is 4.07. The molecule has 2 fully saturated rings. The maximum Gasteiger partial charge on any atom is 0.435 e. The molecule has 0 bridgehead atoms. The third-order valence-electron chi connectivity index (χ3n) is 9.01. The predicted molar refractivity (Wildman–Crippen MR) is 175 cm³/mol. The van der Waals surface area contributed by atoms with Crippen molar-refractivity contribution >= 4 is 40.7 Å². The van der Waals surface area contributed by atoms with Crippen molar-refractivity contribution in [3.8, 4) is 17.1 Å². The Hall–Kier alpha value is -5.03. The molecule has 13 nitrogen and oxygen atoms in total. The summed E-state index contributed by atoms with van der Waals surface area (Å²) >= 11 is 6.45. The van der Waals surface area contributed by atoms with Crippen molar-refractivity contribution in [3.05, 3.63) is 70.8 Å². The summed E-state index contributed by atoms with van der Waals surface area (Å²) in [5.74, 6) is -2.61. The zero-order chi connectivity index (χ0) is 36.0. The number of alkyl halides is 3. The number of pyridine rings is 1. The number of hydrogen-bond donors (Lipinski definition) is 3. The van der Waals surface area contributed by atoms with Crippen molar-refractivity contribution in [2.24, 2.45) is 5.92 Å². The Kier molecular flexibility index (Phi) is 9.30. The second kappa shape index (κ2) is 13.4. The van der Waals surface area contributed by atoms with Crippen LogP contribution in [0.1, 0.15) is 39.5 Å². The van der Waals surface area contributed by atoms with Crippen molar-refractivity contribution in [1.29, 1.82) is 0 Å². The minimum Gasteiger partial charge on any atom is -0.395 e. The Labute approximate surface area is 288 Å². The normalized spacial score (nSPS) is 16.8. The topological polar surface area (TPSA) is 155 Å². The summed E-state index contributed by atoms with van der Waals surface area (Å²) in [7, 11) is 4.33. The summed E-state index contributed by atoms with van der Waals surface area (Å²) in [6.07, 6.45) is -1.21. The van der Waals surface area contributed by atoms with E-state index in [-0.39, 0.29) is 57.0 Å². The van der Waals surface area contributed by atoms with Gasteiger partial charge in [0.2, 0.25) is 11.9 Å². The van der Waals surface area contributed by atoms with E-state index in [0.29, 0.717) is 26.2 Å². The fraction of sp³-hybridized carbons (Fsp3) is 0.375. The molecule has 3 amide bonds. The molecule has 2 aliphatic rings. The number of imidazole rings is 1. The number of hydrogen-bond acceptors (Lipinski definition) is 7. The van der Waals surface area contributed by atoms with Gasteiger partial charge in [-0.25, -0.2) is 9.67 Å². The van der Waals surface area contributed by atoms with Crippen LogP contribution in [-0.2, 0) is 11.0 Å². The van der Waals surface area contributed by atoms with Crippen molar-refractivity contribution < 1.29 is 36.4 Å². The highest BCUT2D eigenvalue weighted by Gasteiger charge is 2.39. The number of carbonyl (C=O) groups is 3. The van der Waals surface area contributed by atoms with Crippen molar-refractivity contribution in [2.45, 2.75) is 19.0 Å². The van der Waals surface area contributed by atoms with Crippen LogP contribution in [0, 0.1) is 11.9 Å². The van der Waals surface area contributed by atoms with E-state index in [1.165, 1.54) is 24.3 Å². The quantitative estimate of drug-likeness (QED) is 0.154. The first kappa shape index (κ1) is 34.8. The number of amides is 3. The van der Waals surface area contributed by atoms with Crippen LogP contribution in [0.2, 0.25) is 5.02 Å². The van der Waals surface area contributed by atoms with E-state index in [2.05, 4.69) is 39.5 Å². The summed E-state index contributed by atoms with van der Waals surface area (Å²) < 4.78 is 57.2. The third kappa shape index (κ3) is 7.28. The fourth-order valence-electron chi connectivity index (χ4n) is 6.06. The van der Waals surface area contributed by atoms with Gasteiger partial charge in [0.1, 0.15) is 0 Å². The first-order chi connectivity index (χ1) is 23.6. The van der Waals surface area contributed by atoms with Crippen molar-refractivity contribution in [2.75, 3.05) is 64.4 Å². The number of nitrogens with two attached hydrogens (primary N) is 1. The Bertz CT molecular complexity index is 1940. The lowest BCUT2D eigenvalue weighted by atomic mass is 9.94. The average Bonchev–Trinajstić information content (AvgIpc) is 3.74. The van der Waals surface area contributed by atoms with E-state index >= 15 is 0 Å². The number of piperazine rings is 1. The molecule has 2 saturated heterocycles. The van der Waals surface area contributed by atoms with Crippen LogP contribution in [0.25, 0.3) is 17.1 Å². The molecule has 18 heteroatoms. The highest BCUT2D eigenvalue weighted by atomic mass is 35.5. The van der Waals surface area contributed by atoms with Gasteiger partial charge in [-0.15, -0.1) is 0 Å². The Balaban J connectivity index is 1.09. The van der Waals surface area contributed by atoms with Crippen LogP contribution >= 0.6 is 11.6 Å². The number of piperidine rings is 1. The monoisotopic (exact) mass is 717 g/mol. The number of anilines is 2. The van der Waals surface area contributed by atoms with Gasteiger partial charge in [-0.2, -0.15) is 27.6 Å². The van der Waals surface area contributed by atoms with Crippen LogP contribution in [0.15, 0.2) is 42.7 Å². The van der Waals surface area contributed by atoms with Gasteiger partial charge in [0.15, 0.2) is 17.3 Å². The molecule has 0 unspecified atom stereocenters. The summed E-state index contributed by atoms with van der Waals surface area (Å²) in [5, 5.41) is 6.16. The summed E-state index contributed by atoms with van der Waals surface area (Å²) in [6, 6.07) is 6.65. The van der Waals surface area contributed by atoms with Gasteiger partial charge in [0.25, 0.3) is 11.8 Å². The molecule has 0 spiro atoms. The molecule has 0 atom stereocenters. The van der Waals surface area contributed by atoms with E-state index < -0.39 is 29.3 Å². The summed E-state index contributed by atoms with van der Waals surface area (Å²) in [5.41, 5.74) is 3.58. The van der Waals surface area contributed by atoms with Crippen LogP contribution in [-0.4, -0.2) is 110 Å². The molecule has 264 valence electrons. The number of likely N-dealkylation sites (tertiary alicyclic amines) is 1. The van der Waals surface area contributed by atoms with E-state index in [0.717, 1.165) is 53.6 Å². The van der Waals surface area contributed by atoms with Crippen LogP contribution in [0.4, 0.5) is 28.9 Å². The van der Waals surface area contributed by atoms with Crippen molar-refractivity contribution in [3.63, 3.8) is 0 Å². The number of rotatable bonds is 6. The number of nitrogens with zero attached hydrogens (tertiary/aromatic N) is 7. The highest BCUT2D eigenvalue weighted by molar-refractivity contribution is 6.34. The number of halogens is 5. The molecule has 3 aromatic heterocycles. The highest BCUT2D eigenvalue weighted by Crippen LogP contribution is 2.36. The first-order valence-electron chi connectivity index (χ1n) is 15.8. The van der Waals surface area contributed by atoms with Crippen LogP contribution in [0.5, 0.6) is 0 Å². The number of carbonyl (C=O) groups excluding carboxylic acids is 3. The Morgan fingerprint density at radius 1 is 1.04 bits per heavy atom. The number of nitrogen functional groups attached to an aromatic ring is 1.